The molecule has 2 heteroatoms. The average Bonchev–Trinajstić information content (AvgIpc) is 2.57. The second kappa shape index (κ2) is 6.28. The van der Waals surface area contributed by atoms with Gasteiger partial charge in [-0.3, -0.25) is 0 Å². The summed E-state index contributed by atoms with van der Waals surface area (Å²) in [6, 6.07) is 11.5. The predicted octanol–water partition coefficient (Wildman–Crippen LogP) is 5.99. The molecule has 0 heterocycles. The second-order valence-electron chi connectivity index (χ2n) is 8.31. The number of hydrogen-bond acceptors (Lipinski definition) is 1. The summed E-state index contributed by atoms with van der Waals surface area (Å²) in [4.78, 5) is 11.0. The lowest BCUT2D eigenvalue weighted by molar-refractivity contribution is 0.0697. The van der Waals surface area contributed by atoms with Crippen LogP contribution in [0.5, 0.6) is 0 Å². The predicted molar refractivity (Wildman–Crippen MR) is 109 cm³/mol. The Morgan fingerprint density at radius 3 is 2.15 bits per heavy atom. The molecule has 0 aliphatic heterocycles. The highest BCUT2D eigenvalue weighted by Crippen LogP contribution is 2.43. The van der Waals surface area contributed by atoms with E-state index in [0.717, 1.165) is 5.56 Å². The highest BCUT2D eigenvalue weighted by molar-refractivity contribution is 5.88. The molecular weight excluding hydrogens is 320 g/mol. The zero-order valence-corrected chi connectivity index (χ0v) is 16.1. The van der Waals surface area contributed by atoms with Gasteiger partial charge in [0.1, 0.15) is 0 Å². The Morgan fingerprint density at radius 2 is 1.54 bits per heavy atom. The van der Waals surface area contributed by atoms with Crippen molar-refractivity contribution in [2.75, 3.05) is 0 Å². The van der Waals surface area contributed by atoms with E-state index >= 15 is 0 Å². The number of aromatic carboxylic acids is 1. The number of carbonyl (C=O) groups is 1. The number of benzene rings is 2. The first-order valence-corrected chi connectivity index (χ1v) is 8.98. The summed E-state index contributed by atoms with van der Waals surface area (Å²) < 4.78 is 0. The van der Waals surface area contributed by atoms with Crippen LogP contribution in [-0.2, 0) is 10.8 Å². The van der Waals surface area contributed by atoms with E-state index in [0.29, 0.717) is 5.56 Å². The van der Waals surface area contributed by atoms with Gasteiger partial charge in [-0.05, 0) is 41.3 Å². The van der Waals surface area contributed by atoms with Crippen LogP contribution in [0.2, 0.25) is 0 Å². The number of fused-ring (bicyclic) bond motifs is 1. The van der Waals surface area contributed by atoms with Gasteiger partial charge >= 0.3 is 5.97 Å². The molecule has 0 spiro atoms. The molecule has 1 aliphatic carbocycles. The quantitative estimate of drug-likeness (QED) is 0.547. The van der Waals surface area contributed by atoms with E-state index in [9.17, 15) is 4.79 Å². The Labute approximate surface area is 155 Å². The maximum Gasteiger partial charge on any atom is 0.335 e. The molecule has 2 aromatic carbocycles. The third kappa shape index (κ3) is 3.37. The summed E-state index contributed by atoms with van der Waals surface area (Å²) in [7, 11) is 0. The summed E-state index contributed by atoms with van der Waals surface area (Å²) >= 11 is 0. The minimum atomic E-state index is -0.899. The number of carboxylic acid groups (broad SMARTS) is 1. The smallest absolute Gasteiger partial charge is 0.335 e. The van der Waals surface area contributed by atoms with Gasteiger partial charge in [-0.25, -0.2) is 4.79 Å². The first-order valence-electron chi connectivity index (χ1n) is 8.98. The third-order valence-electron chi connectivity index (χ3n) is 5.18. The lowest BCUT2D eigenvalue weighted by Gasteiger charge is -2.38. The number of hydrogen-bond donors (Lipinski definition) is 1. The standard InChI is InChI=1S/C24H26O2/c1-16-14-19(11-8-17-6-9-18(10-7-17)22(25)26)21-20(15-16)23(2,3)12-13-24(21,4)5/h6-15H,1-5H3,(H,25,26). The fourth-order valence-corrected chi connectivity index (χ4v) is 3.69. The molecule has 0 saturated carbocycles. The maximum absolute atomic E-state index is 11.0. The molecule has 0 saturated heterocycles. The fourth-order valence-electron chi connectivity index (χ4n) is 3.69. The molecule has 0 unspecified atom stereocenters. The van der Waals surface area contributed by atoms with Gasteiger partial charge in [0.2, 0.25) is 0 Å². The van der Waals surface area contributed by atoms with Crippen LogP contribution in [-0.4, -0.2) is 11.1 Å². The summed E-state index contributed by atoms with van der Waals surface area (Å²) in [5.41, 5.74) is 6.53. The largest absolute Gasteiger partial charge is 0.478 e. The molecule has 0 amide bonds. The second-order valence-corrected chi connectivity index (χ2v) is 8.31. The molecule has 0 fully saturated rings. The zero-order chi connectivity index (χ0) is 19.1. The normalized spacial score (nSPS) is 17.3. The molecule has 134 valence electrons. The van der Waals surface area contributed by atoms with E-state index in [1.165, 1.54) is 22.3 Å². The SMILES string of the molecule is Cc1cc(C=Cc2ccc(C(=O)O)cc2)c2c(c1)C(C)(C)C=CC2(C)C. The van der Waals surface area contributed by atoms with Gasteiger partial charge in [-0.15, -0.1) is 0 Å². The van der Waals surface area contributed by atoms with Crippen molar-refractivity contribution in [3.63, 3.8) is 0 Å². The van der Waals surface area contributed by atoms with Crippen molar-refractivity contribution in [3.05, 3.63) is 81.9 Å². The molecule has 0 atom stereocenters. The van der Waals surface area contributed by atoms with Crippen LogP contribution in [0.1, 0.15) is 65.9 Å². The van der Waals surface area contributed by atoms with Crippen molar-refractivity contribution < 1.29 is 9.90 Å². The summed E-state index contributed by atoms with van der Waals surface area (Å²) in [5, 5.41) is 9.03. The Bertz CT molecular complexity index is 910. The van der Waals surface area contributed by atoms with Crippen molar-refractivity contribution in [3.8, 4) is 0 Å². The van der Waals surface area contributed by atoms with Crippen molar-refractivity contribution in [2.45, 2.75) is 45.4 Å². The molecule has 26 heavy (non-hydrogen) atoms. The van der Waals surface area contributed by atoms with E-state index in [2.05, 4.69) is 71.1 Å². The van der Waals surface area contributed by atoms with Crippen LogP contribution in [0.15, 0.2) is 48.6 Å². The van der Waals surface area contributed by atoms with Crippen molar-refractivity contribution in [2.24, 2.45) is 0 Å². The van der Waals surface area contributed by atoms with Crippen molar-refractivity contribution >= 4 is 18.1 Å². The van der Waals surface area contributed by atoms with E-state index < -0.39 is 5.97 Å². The van der Waals surface area contributed by atoms with Crippen LogP contribution in [0.3, 0.4) is 0 Å². The molecule has 2 aromatic rings. The lowest BCUT2D eigenvalue weighted by atomic mass is 9.66. The van der Waals surface area contributed by atoms with Crippen LogP contribution in [0.25, 0.3) is 12.2 Å². The van der Waals surface area contributed by atoms with Crippen LogP contribution < -0.4 is 0 Å². The van der Waals surface area contributed by atoms with E-state index in [-0.39, 0.29) is 10.8 Å². The summed E-state index contributed by atoms with van der Waals surface area (Å²) in [6.07, 6.45) is 8.83. The van der Waals surface area contributed by atoms with Gasteiger partial charge < -0.3 is 5.11 Å². The van der Waals surface area contributed by atoms with Crippen molar-refractivity contribution in [1.29, 1.82) is 0 Å². The topological polar surface area (TPSA) is 37.3 Å². The Balaban J connectivity index is 2.07. The maximum atomic E-state index is 11.0. The Morgan fingerprint density at radius 1 is 0.923 bits per heavy atom. The molecule has 1 N–H and O–H groups in total. The van der Waals surface area contributed by atoms with Crippen LogP contribution >= 0.6 is 0 Å². The molecule has 0 bridgehead atoms. The molecule has 1 aliphatic rings. The average molecular weight is 346 g/mol. The number of allylic oxidation sites excluding steroid dienone is 2. The third-order valence-corrected chi connectivity index (χ3v) is 5.18. The van der Waals surface area contributed by atoms with E-state index in [4.69, 9.17) is 5.11 Å². The van der Waals surface area contributed by atoms with Gasteiger partial charge in [0.05, 0.1) is 5.56 Å². The number of carboxylic acids is 1. The minimum Gasteiger partial charge on any atom is -0.478 e. The summed E-state index contributed by atoms with van der Waals surface area (Å²) in [5.74, 6) is -0.899. The van der Waals surface area contributed by atoms with Gasteiger partial charge in [-0.1, -0.05) is 81.8 Å². The Kier molecular flexibility index (Phi) is 4.39. The fraction of sp³-hybridized carbons (Fsp3) is 0.292. The van der Waals surface area contributed by atoms with Gasteiger partial charge in [-0.2, -0.15) is 0 Å². The molecule has 2 nitrogen and oxygen atoms in total. The van der Waals surface area contributed by atoms with E-state index in [1.54, 1.807) is 12.1 Å². The van der Waals surface area contributed by atoms with Gasteiger partial charge in [0.15, 0.2) is 0 Å². The molecule has 3 rings (SSSR count). The lowest BCUT2D eigenvalue weighted by Crippen LogP contribution is -2.30. The zero-order valence-electron chi connectivity index (χ0n) is 16.1. The first-order chi connectivity index (χ1) is 12.1. The Hall–Kier alpha value is -2.61. The molecular formula is C24H26O2. The van der Waals surface area contributed by atoms with Crippen molar-refractivity contribution in [1.82, 2.24) is 0 Å². The van der Waals surface area contributed by atoms with Crippen LogP contribution in [0, 0.1) is 6.92 Å². The summed E-state index contributed by atoms with van der Waals surface area (Å²) in [6.45, 7) is 11.2. The first kappa shape index (κ1) is 18.2. The highest BCUT2D eigenvalue weighted by atomic mass is 16.4. The van der Waals surface area contributed by atoms with Gasteiger partial charge in [0.25, 0.3) is 0 Å². The van der Waals surface area contributed by atoms with E-state index in [1.807, 2.05) is 12.1 Å². The molecule has 0 aromatic heterocycles. The van der Waals surface area contributed by atoms with Crippen LogP contribution in [0.4, 0.5) is 0 Å². The molecule has 0 radical (unpaired) electrons. The highest BCUT2D eigenvalue weighted by Gasteiger charge is 2.34. The number of rotatable bonds is 3. The minimum absolute atomic E-state index is 0.0165. The number of aryl methyl sites for hydroxylation is 1. The van der Waals surface area contributed by atoms with Gasteiger partial charge in [0, 0.05) is 10.8 Å². The monoisotopic (exact) mass is 346 g/mol.